The van der Waals surface area contributed by atoms with Crippen LogP contribution in [0.4, 0.5) is 5.69 Å². The van der Waals surface area contributed by atoms with E-state index in [4.69, 9.17) is 10.5 Å². The van der Waals surface area contributed by atoms with E-state index < -0.39 is 5.60 Å². The summed E-state index contributed by atoms with van der Waals surface area (Å²) < 4.78 is 5.11. The fraction of sp³-hybridized carbons (Fsp3) is 0.462. The molecule has 5 heteroatoms. The average Bonchev–Trinajstić information content (AvgIpc) is 2.52. The number of aliphatic hydroxyl groups is 1. The summed E-state index contributed by atoms with van der Waals surface area (Å²) >= 11 is 0. The molecule has 2 rings (SSSR count). The fourth-order valence-corrected chi connectivity index (χ4v) is 2.19. The van der Waals surface area contributed by atoms with Crippen LogP contribution in [-0.2, 0) is 6.54 Å². The quantitative estimate of drug-likeness (QED) is 0.785. The van der Waals surface area contributed by atoms with Crippen LogP contribution in [0.15, 0.2) is 12.1 Å². The Bertz CT molecular complexity index is 492. The van der Waals surface area contributed by atoms with Crippen LogP contribution >= 0.6 is 0 Å². The summed E-state index contributed by atoms with van der Waals surface area (Å²) in [5.74, 6) is 0.414. The van der Waals surface area contributed by atoms with Crippen molar-refractivity contribution in [2.45, 2.75) is 26.0 Å². The Morgan fingerprint density at radius 1 is 1.50 bits per heavy atom. The van der Waals surface area contributed by atoms with Gasteiger partial charge in [0.15, 0.2) is 0 Å². The van der Waals surface area contributed by atoms with Crippen LogP contribution in [0, 0.1) is 0 Å². The van der Waals surface area contributed by atoms with Gasteiger partial charge in [0.25, 0.3) is 5.91 Å². The molecule has 0 aromatic heterocycles. The first-order valence-corrected chi connectivity index (χ1v) is 5.80. The Hall–Kier alpha value is -1.75. The van der Waals surface area contributed by atoms with Crippen molar-refractivity contribution in [1.29, 1.82) is 0 Å². The van der Waals surface area contributed by atoms with E-state index in [0.29, 0.717) is 30.1 Å². The Morgan fingerprint density at radius 3 is 2.72 bits per heavy atom. The molecule has 1 aromatic carbocycles. The zero-order valence-corrected chi connectivity index (χ0v) is 10.9. The molecule has 98 valence electrons. The lowest BCUT2D eigenvalue weighted by molar-refractivity contribution is 0.0314. The third-order valence-corrected chi connectivity index (χ3v) is 2.91. The monoisotopic (exact) mass is 250 g/mol. The third-order valence-electron chi connectivity index (χ3n) is 2.91. The maximum Gasteiger partial charge on any atom is 0.254 e. The summed E-state index contributed by atoms with van der Waals surface area (Å²) in [7, 11) is 1.52. The van der Waals surface area contributed by atoms with Gasteiger partial charge in [0.2, 0.25) is 0 Å². The van der Waals surface area contributed by atoms with Crippen molar-refractivity contribution < 1.29 is 14.6 Å². The highest BCUT2D eigenvalue weighted by Crippen LogP contribution is 2.32. The normalized spacial score (nSPS) is 14.9. The second kappa shape index (κ2) is 4.17. The summed E-state index contributed by atoms with van der Waals surface area (Å²) in [5, 5.41) is 9.79. The minimum Gasteiger partial charge on any atom is -0.495 e. The zero-order chi connectivity index (χ0) is 13.5. The standard InChI is InChI=1S/C13H18N2O3/c1-13(2,17)7-15-6-8-4-10(14)11(18-3)5-9(8)12(15)16/h4-5,17H,6-7,14H2,1-3H3. The second-order valence-electron chi connectivity index (χ2n) is 5.22. The Balaban J connectivity index is 2.31. The highest BCUT2D eigenvalue weighted by atomic mass is 16.5. The molecule has 1 aromatic rings. The molecule has 1 aliphatic rings. The van der Waals surface area contributed by atoms with Gasteiger partial charge in [-0.1, -0.05) is 0 Å². The van der Waals surface area contributed by atoms with Gasteiger partial charge < -0.3 is 20.5 Å². The minimum atomic E-state index is -0.909. The third kappa shape index (κ3) is 2.26. The Labute approximate surface area is 106 Å². The minimum absolute atomic E-state index is 0.0922. The fourth-order valence-electron chi connectivity index (χ4n) is 2.19. The van der Waals surface area contributed by atoms with Crippen LogP contribution in [0.5, 0.6) is 5.75 Å². The SMILES string of the molecule is COc1cc2c(cc1N)CN(CC(C)(C)O)C2=O. The van der Waals surface area contributed by atoms with Crippen molar-refractivity contribution in [3.63, 3.8) is 0 Å². The maximum absolute atomic E-state index is 12.2. The molecule has 0 spiro atoms. The van der Waals surface area contributed by atoms with Crippen molar-refractivity contribution in [2.24, 2.45) is 0 Å². The lowest BCUT2D eigenvalue weighted by Crippen LogP contribution is -2.38. The first kappa shape index (κ1) is 12.7. The van der Waals surface area contributed by atoms with E-state index in [1.165, 1.54) is 7.11 Å². The number of hydrogen-bond donors (Lipinski definition) is 2. The van der Waals surface area contributed by atoms with Gasteiger partial charge in [0, 0.05) is 18.7 Å². The number of fused-ring (bicyclic) bond motifs is 1. The number of methoxy groups -OCH3 is 1. The topological polar surface area (TPSA) is 75.8 Å². The molecule has 1 heterocycles. The number of nitrogens with zero attached hydrogens (tertiary/aromatic N) is 1. The van der Waals surface area contributed by atoms with Gasteiger partial charge in [-0.05, 0) is 31.5 Å². The van der Waals surface area contributed by atoms with Gasteiger partial charge in [-0.15, -0.1) is 0 Å². The summed E-state index contributed by atoms with van der Waals surface area (Å²) in [6, 6.07) is 3.42. The number of benzene rings is 1. The van der Waals surface area contributed by atoms with E-state index in [9.17, 15) is 9.90 Å². The van der Waals surface area contributed by atoms with Gasteiger partial charge in [-0.3, -0.25) is 4.79 Å². The van der Waals surface area contributed by atoms with Crippen LogP contribution < -0.4 is 10.5 Å². The van der Waals surface area contributed by atoms with Crippen molar-refractivity contribution in [1.82, 2.24) is 4.90 Å². The molecule has 18 heavy (non-hydrogen) atoms. The lowest BCUT2D eigenvalue weighted by atomic mass is 10.1. The molecule has 0 aliphatic carbocycles. The van der Waals surface area contributed by atoms with E-state index in [0.717, 1.165) is 5.56 Å². The van der Waals surface area contributed by atoms with Crippen molar-refractivity contribution in [3.05, 3.63) is 23.3 Å². The summed E-state index contributed by atoms with van der Waals surface area (Å²) in [6.07, 6.45) is 0. The molecular formula is C13H18N2O3. The van der Waals surface area contributed by atoms with Crippen LogP contribution in [-0.4, -0.2) is 35.2 Å². The summed E-state index contributed by atoms with van der Waals surface area (Å²) in [5.41, 5.74) is 6.91. The van der Waals surface area contributed by atoms with Crippen molar-refractivity contribution >= 4 is 11.6 Å². The molecule has 0 unspecified atom stereocenters. The largest absolute Gasteiger partial charge is 0.495 e. The van der Waals surface area contributed by atoms with Crippen LogP contribution in [0.25, 0.3) is 0 Å². The average molecular weight is 250 g/mol. The number of ether oxygens (including phenoxy) is 1. The van der Waals surface area contributed by atoms with E-state index in [1.54, 1.807) is 30.9 Å². The number of rotatable bonds is 3. The van der Waals surface area contributed by atoms with Crippen molar-refractivity contribution in [2.75, 3.05) is 19.4 Å². The predicted octanol–water partition coefficient (Wildman–Crippen LogP) is 1.00. The molecule has 0 atom stereocenters. The number of carbonyl (C=O) groups excluding carboxylic acids is 1. The van der Waals surface area contributed by atoms with Gasteiger partial charge in [-0.2, -0.15) is 0 Å². The van der Waals surface area contributed by atoms with Crippen LogP contribution in [0.3, 0.4) is 0 Å². The number of anilines is 1. The van der Waals surface area contributed by atoms with Gasteiger partial charge in [0.05, 0.1) is 18.4 Å². The predicted molar refractivity (Wildman–Crippen MR) is 68.4 cm³/mol. The number of carbonyl (C=O) groups is 1. The molecule has 0 radical (unpaired) electrons. The van der Waals surface area contributed by atoms with Crippen LogP contribution in [0.1, 0.15) is 29.8 Å². The maximum atomic E-state index is 12.2. The molecular weight excluding hydrogens is 232 g/mol. The van der Waals surface area contributed by atoms with Crippen LogP contribution in [0.2, 0.25) is 0 Å². The summed E-state index contributed by atoms with van der Waals surface area (Å²) in [6.45, 7) is 4.13. The number of β-amino-alcohol motifs (C(OH)–C–C–N with tert-alkyl or cyclic N) is 1. The number of amides is 1. The highest BCUT2D eigenvalue weighted by molar-refractivity contribution is 5.99. The van der Waals surface area contributed by atoms with Gasteiger partial charge in [-0.25, -0.2) is 0 Å². The molecule has 0 saturated heterocycles. The number of nitrogens with two attached hydrogens (primary N) is 1. The van der Waals surface area contributed by atoms with Gasteiger partial charge >= 0.3 is 0 Å². The Kier molecular flexibility index (Phi) is 2.94. The molecule has 1 aliphatic heterocycles. The van der Waals surface area contributed by atoms with E-state index >= 15 is 0 Å². The smallest absolute Gasteiger partial charge is 0.254 e. The summed E-state index contributed by atoms with van der Waals surface area (Å²) in [4.78, 5) is 13.8. The molecule has 1 amide bonds. The number of hydrogen-bond acceptors (Lipinski definition) is 4. The lowest BCUT2D eigenvalue weighted by Gasteiger charge is -2.24. The second-order valence-corrected chi connectivity index (χ2v) is 5.22. The Morgan fingerprint density at radius 2 is 2.17 bits per heavy atom. The molecule has 0 saturated carbocycles. The van der Waals surface area contributed by atoms with E-state index in [2.05, 4.69) is 0 Å². The molecule has 0 bridgehead atoms. The van der Waals surface area contributed by atoms with Gasteiger partial charge in [0.1, 0.15) is 5.75 Å². The highest BCUT2D eigenvalue weighted by Gasteiger charge is 2.31. The molecule has 3 N–H and O–H groups in total. The molecule has 5 nitrogen and oxygen atoms in total. The zero-order valence-electron chi connectivity index (χ0n) is 10.9. The molecule has 0 fully saturated rings. The van der Waals surface area contributed by atoms with E-state index in [1.807, 2.05) is 0 Å². The first-order valence-electron chi connectivity index (χ1n) is 5.80. The number of nitrogen functional groups attached to an aromatic ring is 1. The van der Waals surface area contributed by atoms with E-state index in [-0.39, 0.29) is 5.91 Å². The van der Waals surface area contributed by atoms with Crippen molar-refractivity contribution in [3.8, 4) is 5.75 Å². The first-order chi connectivity index (χ1) is 8.31.